The Bertz CT molecular complexity index is 1250. The molecule has 0 aliphatic carbocycles. The van der Waals surface area contributed by atoms with Gasteiger partial charge in [-0.1, -0.05) is 41.6 Å². The number of nitrogens with zero attached hydrogens (tertiary/aromatic N) is 3. The molecule has 200 valence electrons. The molecule has 10 heteroatoms. The van der Waals surface area contributed by atoms with Crippen LogP contribution in [0.5, 0.6) is 0 Å². The average Bonchev–Trinajstić information content (AvgIpc) is 2.92. The van der Waals surface area contributed by atoms with Crippen molar-refractivity contribution in [3.05, 3.63) is 93.8 Å². The third-order valence-electron chi connectivity index (χ3n) is 6.27. The van der Waals surface area contributed by atoms with Gasteiger partial charge in [0.05, 0.1) is 23.8 Å². The van der Waals surface area contributed by atoms with Crippen LogP contribution in [0.1, 0.15) is 17.5 Å². The Hall–Kier alpha value is -3.47. The Labute approximate surface area is 225 Å². The molecule has 1 fully saturated rings. The smallest absolute Gasteiger partial charge is 0.322 e. The summed E-state index contributed by atoms with van der Waals surface area (Å²) in [4.78, 5) is 30.1. The van der Waals surface area contributed by atoms with E-state index in [-0.39, 0.29) is 17.9 Å². The number of rotatable bonds is 10. The van der Waals surface area contributed by atoms with Crippen LogP contribution in [0, 0.1) is 22.9 Å². The summed E-state index contributed by atoms with van der Waals surface area (Å²) in [6.07, 6.45) is 0.695. The quantitative estimate of drug-likeness (QED) is 0.254. The largest absolute Gasteiger partial charge is 0.379 e. The number of amides is 2. The van der Waals surface area contributed by atoms with Crippen molar-refractivity contribution in [1.82, 2.24) is 9.80 Å². The van der Waals surface area contributed by atoms with Crippen molar-refractivity contribution in [2.24, 2.45) is 0 Å². The second kappa shape index (κ2) is 13.4. The highest BCUT2D eigenvalue weighted by Crippen LogP contribution is 2.33. The molecule has 0 radical (unpaired) electrons. The van der Waals surface area contributed by atoms with E-state index in [0.717, 1.165) is 35.0 Å². The van der Waals surface area contributed by atoms with Crippen LogP contribution in [-0.4, -0.2) is 60.1 Å². The van der Waals surface area contributed by atoms with Gasteiger partial charge in [-0.25, -0.2) is 9.18 Å². The molecule has 1 heterocycles. The van der Waals surface area contributed by atoms with Crippen LogP contribution in [-0.2, 0) is 11.3 Å². The first-order valence-electron chi connectivity index (χ1n) is 12.5. The summed E-state index contributed by atoms with van der Waals surface area (Å²) >= 11 is 1.49. The fourth-order valence-corrected chi connectivity index (χ4v) is 5.08. The molecule has 1 aliphatic rings. The Kier molecular flexibility index (Phi) is 9.69. The number of carbonyl (C=O) groups excluding carboxylic acids is 1. The first-order valence-corrected chi connectivity index (χ1v) is 13.3. The van der Waals surface area contributed by atoms with Crippen molar-refractivity contribution in [2.45, 2.75) is 29.7 Å². The number of aryl methyl sites for hydroxylation is 1. The number of hydrogen-bond donors (Lipinski definition) is 1. The van der Waals surface area contributed by atoms with E-state index in [0.29, 0.717) is 31.7 Å². The topological polar surface area (TPSA) is 88.0 Å². The van der Waals surface area contributed by atoms with Crippen LogP contribution >= 0.6 is 11.8 Å². The van der Waals surface area contributed by atoms with E-state index in [2.05, 4.69) is 10.2 Å². The number of ether oxygens (including phenoxy) is 1. The number of nitro benzene ring substituents is 1. The molecule has 1 saturated heterocycles. The summed E-state index contributed by atoms with van der Waals surface area (Å²) in [7, 11) is 0. The van der Waals surface area contributed by atoms with E-state index < -0.39 is 16.8 Å². The average molecular weight is 539 g/mol. The van der Waals surface area contributed by atoms with Gasteiger partial charge < -0.3 is 15.0 Å². The second-order valence-electron chi connectivity index (χ2n) is 9.10. The third kappa shape index (κ3) is 7.77. The Morgan fingerprint density at radius 2 is 1.87 bits per heavy atom. The predicted molar refractivity (Wildman–Crippen MR) is 146 cm³/mol. The monoisotopic (exact) mass is 538 g/mol. The second-order valence-corrected chi connectivity index (χ2v) is 10.2. The molecule has 4 rings (SSSR count). The number of anilines is 1. The van der Waals surface area contributed by atoms with E-state index in [1.165, 1.54) is 36.0 Å². The van der Waals surface area contributed by atoms with Crippen LogP contribution in [0.2, 0.25) is 0 Å². The molecule has 38 heavy (non-hydrogen) atoms. The third-order valence-corrected chi connectivity index (χ3v) is 7.40. The van der Waals surface area contributed by atoms with Crippen molar-refractivity contribution >= 4 is 29.2 Å². The lowest BCUT2D eigenvalue weighted by molar-refractivity contribution is -0.385. The van der Waals surface area contributed by atoms with Gasteiger partial charge in [0.15, 0.2) is 0 Å². The van der Waals surface area contributed by atoms with Crippen molar-refractivity contribution in [3.63, 3.8) is 0 Å². The van der Waals surface area contributed by atoms with Gasteiger partial charge in [0.1, 0.15) is 5.82 Å². The normalized spacial score (nSPS) is 13.7. The standard InChI is InChI=1S/C28H31FN4O4S/c1-21-7-10-24(11-8-21)38-27-12-9-23(33(35)36)19-22(27)20-32(14-4-13-31-15-17-37-18-16-31)28(34)30-26-6-3-2-5-25(26)29/h2-3,5-12,19H,4,13-18,20H2,1H3,(H,30,34). The molecule has 0 unspecified atom stereocenters. The lowest BCUT2D eigenvalue weighted by Gasteiger charge is -2.29. The summed E-state index contributed by atoms with van der Waals surface area (Å²) < 4.78 is 19.7. The van der Waals surface area contributed by atoms with Crippen molar-refractivity contribution in [3.8, 4) is 0 Å². The minimum Gasteiger partial charge on any atom is -0.379 e. The number of benzene rings is 3. The fraction of sp³-hybridized carbons (Fsp3) is 0.321. The molecule has 0 spiro atoms. The minimum atomic E-state index is -0.528. The van der Waals surface area contributed by atoms with Crippen molar-refractivity contribution in [1.29, 1.82) is 0 Å². The minimum absolute atomic E-state index is 0.0453. The predicted octanol–water partition coefficient (Wildman–Crippen LogP) is 5.95. The maximum atomic E-state index is 14.3. The number of carbonyl (C=O) groups is 1. The highest BCUT2D eigenvalue weighted by Gasteiger charge is 2.20. The number of morpholine rings is 1. The Morgan fingerprint density at radius 3 is 2.58 bits per heavy atom. The Morgan fingerprint density at radius 1 is 1.13 bits per heavy atom. The zero-order valence-electron chi connectivity index (χ0n) is 21.3. The van der Waals surface area contributed by atoms with Crippen LogP contribution in [0.3, 0.4) is 0 Å². The molecule has 8 nitrogen and oxygen atoms in total. The summed E-state index contributed by atoms with van der Waals surface area (Å²) in [6, 6.07) is 18.3. The molecule has 3 aromatic rings. The zero-order valence-corrected chi connectivity index (χ0v) is 22.1. The fourth-order valence-electron chi connectivity index (χ4n) is 4.16. The van der Waals surface area contributed by atoms with Gasteiger partial charge in [-0.05, 0) is 49.2 Å². The van der Waals surface area contributed by atoms with E-state index in [4.69, 9.17) is 4.74 Å². The molecule has 1 aliphatic heterocycles. The van der Waals surface area contributed by atoms with Crippen LogP contribution in [0.15, 0.2) is 76.5 Å². The van der Waals surface area contributed by atoms with Crippen LogP contribution in [0.4, 0.5) is 20.6 Å². The van der Waals surface area contributed by atoms with E-state index in [1.807, 2.05) is 31.2 Å². The van der Waals surface area contributed by atoms with Crippen molar-refractivity contribution in [2.75, 3.05) is 44.7 Å². The number of nitrogens with one attached hydrogen (secondary N) is 1. The number of para-hydroxylation sites is 1. The molecule has 0 saturated carbocycles. The van der Waals surface area contributed by atoms with Gasteiger partial charge in [-0.3, -0.25) is 15.0 Å². The van der Waals surface area contributed by atoms with E-state index in [1.54, 1.807) is 23.1 Å². The van der Waals surface area contributed by atoms with Gasteiger partial charge >= 0.3 is 6.03 Å². The van der Waals surface area contributed by atoms with Gasteiger partial charge in [0.2, 0.25) is 0 Å². The SMILES string of the molecule is Cc1ccc(Sc2ccc([N+](=O)[O-])cc2CN(CCCN2CCOCC2)C(=O)Nc2ccccc2F)cc1. The maximum absolute atomic E-state index is 14.3. The van der Waals surface area contributed by atoms with E-state index in [9.17, 15) is 19.3 Å². The van der Waals surface area contributed by atoms with Gasteiger partial charge in [0, 0.05) is 54.6 Å². The molecular formula is C28H31FN4O4S. The van der Waals surface area contributed by atoms with Gasteiger partial charge in [-0.2, -0.15) is 0 Å². The first-order chi connectivity index (χ1) is 18.4. The molecular weight excluding hydrogens is 507 g/mol. The molecule has 0 bridgehead atoms. The van der Waals surface area contributed by atoms with Gasteiger partial charge in [0.25, 0.3) is 5.69 Å². The summed E-state index contributed by atoms with van der Waals surface area (Å²) in [5.41, 5.74) is 1.83. The van der Waals surface area contributed by atoms with E-state index >= 15 is 0 Å². The number of urea groups is 1. The highest BCUT2D eigenvalue weighted by molar-refractivity contribution is 7.99. The Balaban J connectivity index is 1.57. The lowest BCUT2D eigenvalue weighted by Crippen LogP contribution is -2.40. The number of non-ortho nitro benzene ring substituents is 1. The van der Waals surface area contributed by atoms with Crippen molar-refractivity contribution < 1.29 is 18.8 Å². The zero-order chi connectivity index (χ0) is 26.9. The summed E-state index contributed by atoms with van der Waals surface area (Å²) in [5, 5.41) is 14.2. The highest BCUT2D eigenvalue weighted by atomic mass is 32.2. The lowest BCUT2D eigenvalue weighted by atomic mass is 10.2. The summed E-state index contributed by atoms with van der Waals surface area (Å²) in [5.74, 6) is -0.528. The molecule has 2 amide bonds. The number of halogens is 1. The summed E-state index contributed by atoms with van der Waals surface area (Å²) in [6.45, 7) is 6.37. The van der Waals surface area contributed by atoms with Gasteiger partial charge in [-0.15, -0.1) is 0 Å². The van der Waals surface area contributed by atoms with Crippen LogP contribution in [0.25, 0.3) is 0 Å². The molecule has 3 aromatic carbocycles. The maximum Gasteiger partial charge on any atom is 0.322 e. The molecule has 0 aromatic heterocycles. The first kappa shape index (κ1) is 27.6. The number of hydrogen-bond acceptors (Lipinski definition) is 6. The number of nitro groups is 1. The molecule has 0 atom stereocenters. The van der Waals surface area contributed by atoms with Crippen LogP contribution < -0.4 is 5.32 Å². The molecule has 1 N–H and O–H groups in total.